The van der Waals surface area contributed by atoms with Crippen LogP contribution < -0.4 is 11.1 Å². The number of aromatic nitrogens is 2. The van der Waals surface area contributed by atoms with Crippen molar-refractivity contribution in [3.63, 3.8) is 0 Å². The molecule has 0 radical (unpaired) electrons. The zero-order chi connectivity index (χ0) is 20.1. The molecule has 0 bridgehead atoms. The standard InChI is InChI=1S/C19H15ClN4O4/c20-13-8-6-12(7-9-13)17-15(18(26)28-11-16(25)22-19(21)27)10-24(23-17)14-4-2-1-3-5-14/h1-10H,11H2,(H3,21,22,25,27). The van der Waals surface area contributed by atoms with Crippen LogP contribution in [-0.4, -0.2) is 34.3 Å². The van der Waals surface area contributed by atoms with Gasteiger partial charge >= 0.3 is 12.0 Å². The van der Waals surface area contributed by atoms with Gasteiger partial charge in [0.25, 0.3) is 5.91 Å². The maximum absolute atomic E-state index is 12.5. The molecule has 0 atom stereocenters. The molecule has 0 unspecified atom stereocenters. The van der Waals surface area contributed by atoms with Crippen LogP contribution in [0.15, 0.2) is 60.8 Å². The molecule has 0 spiro atoms. The smallest absolute Gasteiger partial charge is 0.342 e. The Morgan fingerprint density at radius 2 is 1.75 bits per heavy atom. The van der Waals surface area contributed by atoms with E-state index < -0.39 is 24.5 Å². The summed E-state index contributed by atoms with van der Waals surface area (Å²) in [7, 11) is 0. The van der Waals surface area contributed by atoms with Crippen molar-refractivity contribution in [2.24, 2.45) is 5.73 Å². The Hall–Kier alpha value is -3.65. The monoisotopic (exact) mass is 398 g/mol. The second-order valence-electron chi connectivity index (χ2n) is 5.67. The number of rotatable bonds is 5. The minimum absolute atomic E-state index is 0.151. The molecule has 0 aliphatic carbocycles. The lowest BCUT2D eigenvalue weighted by Gasteiger charge is -2.04. The third-order valence-electron chi connectivity index (χ3n) is 3.67. The molecule has 1 aromatic heterocycles. The number of esters is 1. The zero-order valence-electron chi connectivity index (χ0n) is 14.5. The highest BCUT2D eigenvalue weighted by atomic mass is 35.5. The van der Waals surface area contributed by atoms with E-state index in [4.69, 9.17) is 22.1 Å². The normalized spacial score (nSPS) is 10.3. The highest BCUT2D eigenvalue weighted by Crippen LogP contribution is 2.25. The summed E-state index contributed by atoms with van der Waals surface area (Å²) >= 11 is 5.93. The van der Waals surface area contributed by atoms with Crippen molar-refractivity contribution in [1.29, 1.82) is 0 Å². The van der Waals surface area contributed by atoms with Gasteiger partial charge in [-0.15, -0.1) is 0 Å². The number of imide groups is 1. The summed E-state index contributed by atoms with van der Waals surface area (Å²) in [6.07, 6.45) is 1.51. The summed E-state index contributed by atoms with van der Waals surface area (Å²) in [5.74, 6) is -1.60. The van der Waals surface area contributed by atoms with Crippen LogP contribution in [0, 0.1) is 0 Å². The average Bonchev–Trinajstić information content (AvgIpc) is 3.12. The Balaban J connectivity index is 1.92. The van der Waals surface area contributed by atoms with E-state index in [0.717, 1.165) is 5.69 Å². The van der Waals surface area contributed by atoms with E-state index in [1.807, 2.05) is 35.6 Å². The number of hydrogen-bond donors (Lipinski definition) is 2. The predicted molar refractivity (Wildman–Crippen MR) is 102 cm³/mol. The summed E-state index contributed by atoms with van der Waals surface area (Å²) < 4.78 is 6.52. The number of amides is 3. The van der Waals surface area contributed by atoms with Gasteiger partial charge in [-0.1, -0.05) is 41.9 Å². The van der Waals surface area contributed by atoms with Crippen LogP contribution in [0.3, 0.4) is 0 Å². The van der Waals surface area contributed by atoms with Crippen LogP contribution in [0.25, 0.3) is 16.9 Å². The third kappa shape index (κ3) is 4.54. The Labute approximate surface area is 164 Å². The molecular weight excluding hydrogens is 384 g/mol. The molecule has 3 rings (SSSR count). The fourth-order valence-corrected chi connectivity index (χ4v) is 2.57. The topological polar surface area (TPSA) is 116 Å². The second-order valence-corrected chi connectivity index (χ2v) is 6.10. The summed E-state index contributed by atoms with van der Waals surface area (Å²) in [4.78, 5) is 34.7. The van der Waals surface area contributed by atoms with Gasteiger partial charge in [0.1, 0.15) is 11.3 Å². The molecule has 3 N–H and O–H groups in total. The van der Waals surface area contributed by atoms with E-state index in [1.54, 1.807) is 24.3 Å². The molecule has 142 valence electrons. The van der Waals surface area contributed by atoms with Gasteiger partial charge in [-0.05, 0) is 24.3 Å². The first kappa shape index (κ1) is 19.1. The van der Waals surface area contributed by atoms with Crippen LogP contribution in [-0.2, 0) is 9.53 Å². The first-order chi connectivity index (χ1) is 13.4. The van der Waals surface area contributed by atoms with Gasteiger partial charge in [0.05, 0.1) is 5.69 Å². The zero-order valence-corrected chi connectivity index (χ0v) is 15.2. The highest BCUT2D eigenvalue weighted by molar-refractivity contribution is 6.30. The summed E-state index contributed by atoms with van der Waals surface area (Å²) in [5, 5.41) is 6.84. The van der Waals surface area contributed by atoms with Crippen molar-refractivity contribution in [3.8, 4) is 16.9 Å². The molecule has 0 aliphatic rings. The Morgan fingerprint density at radius 1 is 1.07 bits per heavy atom. The molecule has 3 amide bonds. The number of carbonyl (C=O) groups excluding carboxylic acids is 3. The number of halogens is 1. The average molecular weight is 399 g/mol. The number of nitrogens with one attached hydrogen (secondary N) is 1. The largest absolute Gasteiger partial charge is 0.452 e. The van der Waals surface area contributed by atoms with Crippen molar-refractivity contribution in [2.45, 2.75) is 0 Å². The number of nitrogens with zero attached hydrogens (tertiary/aromatic N) is 2. The van der Waals surface area contributed by atoms with Gasteiger partial charge in [0.2, 0.25) is 0 Å². The van der Waals surface area contributed by atoms with E-state index >= 15 is 0 Å². The number of urea groups is 1. The lowest BCUT2D eigenvalue weighted by Crippen LogP contribution is -2.37. The van der Waals surface area contributed by atoms with Crippen LogP contribution in [0.4, 0.5) is 4.79 Å². The molecule has 9 heteroatoms. The van der Waals surface area contributed by atoms with E-state index in [2.05, 4.69) is 5.10 Å². The lowest BCUT2D eigenvalue weighted by atomic mass is 10.1. The van der Waals surface area contributed by atoms with Crippen LogP contribution in [0.1, 0.15) is 10.4 Å². The Kier molecular flexibility index (Phi) is 5.71. The van der Waals surface area contributed by atoms with E-state index in [1.165, 1.54) is 10.9 Å². The molecule has 2 aromatic carbocycles. The van der Waals surface area contributed by atoms with Gasteiger partial charge < -0.3 is 10.5 Å². The molecule has 0 aliphatic heterocycles. The predicted octanol–water partition coefficient (Wildman–Crippen LogP) is 2.54. The summed E-state index contributed by atoms with van der Waals surface area (Å²) in [6, 6.07) is 15.0. The minimum Gasteiger partial charge on any atom is -0.452 e. The summed E-state index contributed by atoms with van der Waals surface area (Å²) in [5.41, 5.74) is 6.75. The molecule has 28 heavy (non-hydrogen) atoms. The maximum atomic E-state index is 12.5. The van der Waals surface area contributed by atoms with E-state index in [0.29, 0.717) is 16.3 Å². The number of carbonyl (C=O) groups is 3. The third-order valence-corrected chi connectivity index (χ3v) is 3.92. The van der Waals surface area contributed by atoms with Crippen LogP contribution in [0.2, 0.25) is 5.02 Å². The number of benzene rings is 2. The maximum Gasteiger partial charge on any atom is 0.342 e. The molecule has 8 nitrogen and oxygen atoms in total. The Morgan fingerprint density at radius 3 is 2.39 bits per heavy atom. The van der Waals surface area contributed by atoms with Gasteiger partial charge in [-0.2, -0.15) is 5.10 Å². The molecule has 0 fully saturated rings. The van der Waals surface area contributed by atoms with Crippen molar-refractivity contribution >= 4 is 29.5 Å². The highest BCUT2D eigenvalue weighted by Gasteiger charge is 2.21. The lowest BCUT2D eigenvalue weighted by molar-refractivity contribution is -0.123. The number of ether oxygens (including phenoxy) is 1. The quantitative estimate of drug-likeness (QED) is 0.640. The number of nitrogens with two attached hydrogens (primary N) is 1. The first-order valence-electron chi connectivity index (χ1n) is 8.11. The van der Waals surface area contributed by atoms with Crippen LogP contribution >= 0.6 is 11.6 Å². The number of hydrogen-bond acceptors (Lipinski definition) is 5. The molecule has 3 aromatic rings. The minimum atomic E-state index is -1.03. The van der Waals surface area contributed by atoms with Crippen molar-refractivity contribution in [1.82, 2.24) is 15.1 Å². The summed E-state index contributed by atoms with van der Waals surface area (Å²) in [6.45, 7) is -0.654. The number of para-hydroxylation sites is 1. The molecule has 0 saturated heterocycles. The van der Waals surface area contributed by atoms with Crippen LogP contribution in [0.5, 0.6) is 0 Å². The fraction of sp³-hybridized carbons (Fsp3) is 0.0526. The van der Waals surface area contributed by atoms with Gasteiger partial charge in [-0.25, -0.2) is 14.3 Å². The fourth-order valence-electron chi connectivity index (χ4n) is 2.44. The second kappa shape index (κ2) is 8.36. The van der Waals surface area contributed by atoms with Gasteiger partial charge in [0, 0.05) is 16.8 Å². The van der Waals surface area contributed by atoms with Crippen molar-refractivity contribution < 1.29 is 19.1 Å². The SMILES string of the molecule is NC(=O)NC(=O)COC(=O)c1cn(-c2ccccc2)nc1-c1ccc(Cl)cc1. The number of primary amides is 1. The van der Waals surface area contributed by atoms with Crippen molar-refractivity contribution in [3.05, 3.63) is 71.4 Å². The van der Waals surface area contributed by atoms with Gasteiger partial charge in [0.15, 0.2) is 6.61 Å². The molecular formula is C19H15ClN4O4. The molecule has 0 saturated carbocycles. The Bertz CT molecular complexity index is 1020. The molecule has 1 heterocycles. The first-order valence-corrected chi connectivity index (χ1v) is 8.49. The van der Waals surface area contributed by atoms with Gasteiger partial charge in [-0.3, -0.25) is 10.1 Å². The van der Waals surface area contributed by atoms with E-state index in [9.17, 15) is 14.4 Å². The van der Waals surface area contributed by atoms with Crippen molar-refractivity contribution in [2.75, 3.05) is 6.61 Å². The van der Waals surface area contributed by atoms with E-state index in [-0.39, 0.29) is 5.56 Å².